The third kappa shape index (κ3) is 6.84. The Hall–Kier alpha value is -0.770. The van der Waals surface area contributed by atoms with Crippen LogP contribution >= 0.6 is 12.4 Å². The van der Waals surface area contributed by atoms with Gasteiger partial charge in [-0.05, 0) is 32.4 Å². The molecule has 0 bridgehead atoms. The molecule has 2 atom stereocenters. The summed E-state index contributed by atoms with van der Waals surface area (Å²) in [6.45, 7) is 7.16. The Morgan fingerprint density at radius 3 is 2.44 bits per heavy atom. The minimum absolute atomic E-state index is 0. The van der Waals surface area contributed by atoms with Crippen LogP contribution in [0.4, 0.5) is 0 Å². The molecule has 104 valence electrons. The lowest BCUT2D eigenvalue weighted by molar-refractivity contribution is 0.104. The zero-order valence-electron chi connectivity index (χ0n) is 11.3. The Morgan fingerprint density at radius 1 is 1.28 bits per heavy atom. The molecule has 2 N–H and O–H groups in total. The summed E-state index contributed by atoms with van der Waals surface area (Å²) in [6, 6.07) is 8.27. The summed E-state index contributed by atoms with van der Waals surface area (Å²) in [7, 11) is 0. The molecule has 1 rings (SSSR count). The molecule has 1 aromatic rings. The summed E-state index contributed by atoms with van der Waals surface area (Å²) >= 11 is 0. The molecule has 0 aromatic heterocycles. The maximum atomic E-state index is 9.72. The van der Waals surface area contributed by atoms with Gasteiger partial charge in [-0.1, -0.05) is 24.6 Å². The van der Waals surface area contributed by atoms with E-state index in [4.69, 9.17) is 4.74 Å². The molecule has 0 heterocycles. The molecule has 0 aliphatic carbocycles. The van der Waals surface area contributed by atoms with Crippen LogP contribution in [-0.2, 0) is 0 Å². The van der Waals surface area contributed by atoms with Crippen molar-refractivity contribution in [2.24, 2.45) is 0 Å². The summed E-state index contributed by atoms with van der Waals surface area (Å²) in [5.41, 5.74) is 1.20. The van der Waals surface area contributed by atoms with Gasteiger partial charge in [-0.25, -0.2) is 0 Å². The molecule has 4 heteroatoms. The first-order valence-corrected chi connectivity index (χ1v) is 6.22. The van der Waals surface area contributed by atoms with Crippen LogP contribution in [0.25, 0.3) is 0 Å². The number of rotatable bonds is 7. The standard InChI is InChI=1S/C14H23NO2.ClH/c1-4-12(3)15-9-13(16)10-17-14-7-5-11(2)6-8-14;/h5-8,12-13,15-16H,4,9-10H2,1-3H3;1H. The van der Waals surface area contributed by atoms with Crippen molar-refractivity contribution in [3.8, 4) is 5.75 Å². The lowest BCUT2D eigenvalue weighted by atomic mass is 10.2. The zero-order chi connectivity index (χ0) is 12.7. The van der Waals surface area contributed by atoms with Gasteiger partial charge in [-0.2, -0.15) is 0 Å². The van der Waals surface area contributed by atoms with Crippen molar-refractivity contribution >= 4 is 12.4 Å². The minimum Gasteiger partial charge on any atom is -0.491 e. The van der Waals surface area contributed by atoms with E-state index in [2.05, 4.69) is 19.2 Å². The summed E-state index contributed by atoms with van der Waals surface area (Å²) < 4.78 is 5.50. The zero-order valence-corrected chi connectivity index (χ0v) is 12.2. The summed E-state index contributed by atoms with van der Waals surface area (Å²) in [5, 5.41) is 13.0. The number of hydrogen-bond donors (Lipinski definition) is 2. The monoisotopic (exact) mass is 273 g/mol. The molecule has 0 aliphatic rings. The number of hydrogen-bond acceptors (Lipinski definition) is 3. The molecule has 0 radical (unpaired) electrons. The van der Waals surface area contributed by atoms with Crippen molar-refractivity contribution in [1.82, 2.24) is 5.32 Å². The maximum absolute atomic E-state index is 9.72. The highest BCUT2D eigenvalue weighted by Crippen LogP contribution is 2.11. The topological polar surface area (TPSA) is 41.5 Å². The largest absolute Gasteiger partial charge is 0.491 e. The highest BCUT2D eigenvalue weighted by atomic mass is 35.5. The number of halogens is 1. The van der Waals surface area contributed by atoms with Crippen molar-refractivity contribution in [2.45, 2.75) is 39.3 Å². The summed E-state index contributed by atoms with van der Waals surface area (Å²) in [6.07, 6.45) is 0.594. The Labute approximate surface area is 116 Å². The second-order valence-corrected chi connectivity index (χ2v) is 4.50. The van der Waals surface area contributed by atoms with E-state index in [0.29, 0.717) is 19.2 Å². The molecule has 0 saturated carbocycles. The second-order valence-electron chi connectivity index (χ2n) is 4.50. The normalized spacial score (nSPS) is 13.6. The second kappa shape index (κ2) is 9.20. The van der Waals surface area contributed by atoms with Gasteiger partial charge < -0.3 is 15.2 Å². The van der Waals surface area contributed by atoms with Gasteiger partial charge in [-0.15, -0.1) is 12.4 Å². The van der Waals surface area contributed by atoms with Crippen LogP contribution in [-0.4, -0.2) is 30.4 Å². The first-order valence-electron chi connectivity index (χ1n) is 6.22. The minimum atomic E-state index is -0.467. The van der Waals surface area contributed by atoms with E-state index in [1.165, 1.54) is 5.56 Å². The highest BCUT2D eigenvalue weighted by Gasteiger charge is 2.06. The molecule has 2 unspecified atom stereocenters. The van der Waals surface area contributed by atoms with Crippen LogP contribution in [0.15, 0.2) is 24.3 Å². The van der Waals surface area contributed by atoms with E-state index in [-0.39, 0.29) is 12.4 Å². The molecular formula is C14H24ClNO2. The van der Waals surface area contributed by atoms with Crippen LogP contribution in [0.1, 0.15) is 25.8 Å². The molecule has 0 spiro atoms. The van der Waals surface area contributed by atoms with Gasteiger partial charge in [0.1, 0.15) is 18.5 Å². The van der Waals surface area contributed by atoms with Crippen LogP contribution in [0.5, 0.6) is 5.75 Å². The molecule has 0 fully saturated rings. The molecule has 0 saturated heterocycles. The predicted octanol–water partition coefficient (Wildman–Crippen LogP) is 2.54. The van der Waals surface area contributed by atoms with E-state index in [1.54, 1.807) is 0 Å². The molecule has 0 amide bonds. The quantitative estimate of drug-likeness (QED) is 0.802. The first kappa shape index (κ1) is 17.2. The van der Waals surface area contributed by atoms with Crippen LogP contribution in [0.2, 0.25) is 0 Å². The van der Waals surface area contributed by atoms with E-state index >= 15 is 0 Å². The Bertz CT molecular complexity index is 316. The molecule has 18 heavy (non-hydrogen) atoms. The number of aryl methyl sites for hydroxylation is 1. The maximum Gasteiger partial charge on any atom is 0.119 e. The Morgan fingerprint density at radius 2 is 1.89 bits per heavy atom. The van der Waals surface area contributed by atoms with Crippen LogP contribution in [0, 0.1) is 6.92 Å². The van der Waals surface area contributed by atoms with Crippen molar-refractivity contribution < 1.29 is 9.84 Å². The number of nitrogens with one attached hydrogen (secondary N) is 1. The third-order valence-electron chi connectivity index (χ3n) is 2.78. The fourth-order valence-electron chi connectivity index (χ4n) is 1.37. The highest BCUT2D eigenvalue weighted by molar-refractivity contribution is 5.85. The summed E-state index contributed by atoms with van der Waals surface area (Å²) in [5.74, 6) is 0.804. The molecule has 3 nitrogen and oxygen atoms in total. The molecular weight excluding hydrogens is 250 g/mol. The Kier molecular flexibility index (Phi) is 8.81. The fraction of sp³-hybridized carbons (Fsp3) is 0.571. The van der Waals surface area contributed by atoms with E-state index in [0.717, 1.165) is 12.2 Å². The van der Waals surface area contributed by atoms with Gasteiger partial charge in [0.15, 0.2) is 0 Å². The van der Waals surface area contributed by atoms with Gasteiger partial charge in [0.2, 0.25) is 0 Å². The number of aliphatic hydroxyl groups excluding tert-OH is 1. The van der Waals surface area contributed by atoms with Gasteiger partial charge in [0.25, 0.3) is 0 Å². The van der Waals surface area contributed by atoms with Gasteiger partial charge in [-0.3, -0.25) is 0 Å². The molecule has 0 aliphatic heterocycles. The van der Waals surface area contributed by atoms with Gasteiger partial charge in [0, 0.05) is 12.6 Å². The lowest BCUT2D eigenvalue weighted by Crippen LogP contribution is -2.36. The van der Waals surface area contributed by atoms with Crippen molar-refractivity contribution in [1.29, 1.82) is 0 Å². The van der Waals surface area contributed by atoms with Gasteiger partial charge >= 0.3 is 0 Å². The number of aliphatic hydroxyl groups is 1. The van der Waals surface area contributed by atoms with Crippen molar-refractivity contribution in [3.05, 3.63) is 29.8 Å². The number of benzene rings is 1. The fourth-order valence-corrected chi connectivity index (χ4v) is 1.37. The summed E-state index contributed by atoms with van der Waals surface area (Å²) in [4.78, 5) is 0. The van der Waals surface area contributed by atoms with Crippen LogP contribution in [0.3, 0.4) is 0 Å². The molecule has 1 aromatic carbocycles. The Balaban J connectivity index is 0.00000289. The smallest absolute Gasteiger partial charge is 0.119 e. The average molecular weight is 274 g/mol. The average Bonchev–Trinajstić information content (AvgIpc) is 2.35. The lowest BCUT2D eigenvalue weighted by Gasteiger charge is -2.16. The van der Waals surface area contributed by atoms with E-state index in [1.807, 2.05) is 31.2 Å². The van der Waals surface area contributed by atoms with E-state index < -0.39 is 6.10 Å². The first-order chi connectivity index (χ1) is 8.11. The third-order valence-corrected chi connectivity index (χ3v) is 2.78. The SMILES string of the molecule is CCC(C)NCC(O)COc1ccc(C)cc1.Cl. The van der Waals surface area contributed by atoms with E-state index in [9.17, 15) is 5.11 Å². The van der Waals surface area contributed by atoms with Crippen molar-refractivity contribution in [2.75, 3.05) is 13.2 Å². The predicted molar refractivity (Wildman–Crippen MR) is 77.7 cm³/mol. The van der Waals surface area contributed by atoms with Crippen LogP contribution < -0.4 is 10.1 Å². The van der Waals surface area contributed by atoms with Crippen molar-refractivity contribution in [3.63, 3.8) is 0 Å². The van der Waals surface area contributed by atoms with Gasteiger partial charge in [0.05, 0.1) is 0 Å². The number of ether oxygens (including phenoxy) is 1.